The monoisotopic (exact) mass is 266 g/mol. The number of halogens is 1. The average Bonchev–Trinajstić information content (AvgIpc) is 2.40. The van der Waals surface area contributed by atoms with Crippen LogP contribution in [0.2, 0.25) is 0 Å². The second-order valence-corrected chi connectivity index (χ2v) is 5.18. The maximum absolute atomic E-state index is 12.8. The molecule has 1 fully saturated rings. The van der Waals surface area contributed by atoms with Gasteiger partial charge in [-0.05, 0) is 44.7 Å². The van der Waals surface area contributed by atoms with E-state index in [1.807, 2.05) is 6.92 Å². The van der Waals surface area contributed by atoms with Crippen molar-refractivity contribution in [2.45, 2.75) is 44.7 Å². The van der Waals surface area contributed by atoms with Gasteiger partial charge in [0.25, 0.3) is 0 Å². The van der Waals surface area contributed by atoms with Crippen molar-refractivity contribution in [3.05, 3.63) is 29.8 Å². The fourth-order valence-electron chi connectivity index (χ4n) is 2.59. The molecule has 0 saturated heterocycles. The topological polar surface area (TPSA) is 62.2 Å². The number of nitrogens with one attached hydrogen (secondary N) is 1. The number of hydrogen-bond donors (Lipinski definition) is 2. The molecular formula is C14H19FN2O2. The van der Waals surface area contributed by atoms with Crippen LogP contribution >= 0.6 is 0 Å². The van der Waals surface area contributed by atoms with Gasteiger partial charge in [-0.2, -0.15) is 0 Å². The Kier molecular flexibility index (Phi) is 4.47. The van der Waals surface area contributed by atoms with Gasteiger partial charge in [-0.1, -0.05) is 0 Å². The highest BCUT2D eigenvalue weighted by Gasteiger charge is 2.26. The summed E-state index contributed by atoms with van der Waals surface area (Å²) in [7, 11) is 0. The number of hydrogen-bond acceptors (Lipinski definition) is 3. The van der Waals surface area contributed by atoms with Gasteiger partial charge in [0.2, 0.25) is 0 Å². The van der Waals surface area contributed by atoms with E-state index in [4.69, 9.17) is 5.11 Å². The molecule has 1 heterocycles. The largest absolute Gasteiger partial charge is 0.481 e. The summed E-state index contributed by atoms with van der Waals surface area (Å²) >= 11 is 0. The zero-order valence-corrected chi connectivity index (χ0v) is 11.0. The third kappa shape index (κ3) is 3.73. The van der Waals surface area contributed by atoms with Gasteiger partial charge in [-0.3, -0.25) is 9.78 Å². The minimum Gasteiger partial charge on any atom is -0.481 e. The molecule has 0 bridgehead atoms. The molecule has 19 heavy (non-hydrogen) atoms. The Labute approximate surface area is 112 Å². The van der Waals surface area contributed by atoms with Crippen LogP contribution in [0.25, 0.3) is 0 Å². The zero-order chi connectivity index (χ0) is 13.8. The van der Waals surface area contributed by atoms with Crippen molar-refractivity contribution in [2.75, 3.05) is 0 Å². The Morgan fingerprint density at radius 3 is 2.63 bits per heavy atom. The highest BCUT2D eigenvalue weighted by atomic mass is 19.1. The summed E-state index contributed by atoms with van der Waals surface area (Å²) in [4.78, 5) is 14.9. The maximum Gasteiger partial charge on any atom is 0.306 e. The minimum absolute atomic E-state index is 0.0481. The van der Waals surface area contributed by atoms with Crippen LogP contribution in [-0.4, -0.2) is 22.1 Å². The molecule has 2 N–H and O–H groups in total. The van der Waals surface area contributed by atoms with Gasteiger partial charge in [0.05, 0.1) is 17.8 Å². The van der Waals surface area contributed by atoms with Gasteiger partial charge in [0.15, 0.2) is 0 Å². The molecule has 0 amide bonds. The second kappa shape index (κ2) is 6.10. The van der Waals surface area contributed by atoms with Crippen molar-refractivity contribution in [3.8, 4) is 0 Å². The molecule has 1 atom stereocenters. The fourth-order valence-corrected chi connectivity index (χ4v) is 2.59. The summed E-state index contributed by atoms with van der Waals surface area (Å²) in [6, 6.07) is 3.45. The van der Waals surface area contributed by atoms with E-state index in [9.17, 15) is 9.18 Å². The van der Waals surface area contributed by atoms with E-state index in [1.54, 1.807) is 6.07 Å². The van der Waals surface area contributed by atoms with Crippen LogP contribution < -0.4 is 5.32 Å². The lowest BCUT2D eigenvalue weighted by Gasteiger charge is -2.29. The zero-order valence-electron chi connectivity index (χ0n) is 11.0. The molecular weight excluding hydrogens is 247 g/mol. The molecule has 0 aromatic carbocycles. The summed E-state index contributed by atoms with van der Waals surface area (Å²) in [5, 5.41) is 12.4. The molecule has 1 unspecified atom stereocenters. The van der Waals surface area contributed by atoms with Crippen molar-refractivity contribution in [2.24, 2.45) is 5.92 Å². The Bertz CT molecular complexity index is 428. The Balaban J connectivity index is 1.85. The molecule has 104 valence electrons. The molecule has 4 nitrogen and oxygen atoms in total. The summed E-state index contributed by atoms with van der Waals surface area (Å²) in [5.41, 5.74) is 0.807. The lowest BCUT2D eigenvalue weighted by Crippen LogP contribution is -2.36. The van der Waals surface area contributed by atoms with Crippen molar-refractivity contribution in [1.29, 1.82) is 0 Å². The highest BCUT2D eigenvalue weighted by molar-refractivity contribution is 5.70. The first-order valence-corrected chi connectivity index (χ1v) is 6.66. The van der Waals surface area contributed by atoms with Crippen molar-refractivity contribution >= 4 is 5.97 Å². The van der Waals surface area contributed by atoms with Crippen LogP contribution in [0.1, 0.15) is 44.3 Å². The average molecular weight is 266 g/mol. The maximum atomic E-state index is 12.8. The van der Waals surface area contributed by atoms with Gasteiger partial charge < -0.3 is 10.4 Å². The SMILES string of the molecule is CC(NC1CCC(C(=O)O)CC1)c1ccc(F)cn1. The molecule has 0 radical (unpaired) electrons. The third-order valence-corrected chi connectivity index (χ3v) is 3.76. The quantitative estimate of drug-likeness (QED) is 0.879. The normalized spacial score (nSPS) is 24.9. The minimum atomic E-state index is -0.688. The van der Waals surface area contributed by atoms with Crippen molar-refractivity contribution in [1.82, 2.24) is 10.3 Å². The van der Waals surface area contributed by atoms with E-state index in [0.717, 1.165) is 31.4 Å². The van der Waals surface area contributed by atoms with Crippen LogP contribution in [0.3, 0.4) is 0 Å². The predicted molar refractivity (Wildman–Crippen MR) is 69.1 cm³/mol. The smallest absolute Gasteiger partial charge is 0.306 e. The molecule has 5 heteroatoms. The molecule has 1 saturated carbocycles. The number of carboxylic acids is 1. The molecule has 2 rings (SSSR count). The fraction of sp³-hybridized carbons (Fsp3) is 0.571. The number of carbonyl (C=O) groups is 1. The molecule has 1 aromatic rings. The molecule has 1 aliphatic carbocycles. The van der Waals surface area contributed by atoms with Crippen LogP contribution in [0.4, 0.5) is 4.39 Å². The van der Waals surface area contributed by atoms with E-state index in [2.05, 4.69) is 10.3 Å². The van der Waals surface area contributed by atoms with E-state index in [1.165, 1.54) is 12.3 Å². The molecule has 0 spiro atoms. The van der Waals surface area contributed by atoms with Crippen LogP contribution in [0.5, 0.6) is 0 Å². The standard InChI is InChI=1S/C14H19FN2O2/c1-9(13-7-4-11(15)8-16-13)17-12-5-2-10(3-6-12)14(18)19/h4,7-10,12,17H,2-3,5-6H2,1H3,(H,18,19). The van der Waals surface area contributed by atoms with Crippen molar-refractivity contribution in [3.63, 3.8) is 0 Å². The Morgan fingerprint density at radius 2 is 2.11 bits per heavy atom. The molecule has 1 aliphatic rings. The van der Waals surface area contributed by atoms with Crippen molar-refractivity contribution < 1.29 is 14.3 Å². The van der Waals surface area contributed by atoms with Crippen LogP contribution in [-0.2, 0) is 4.79 Å². The number of aliphatic carboxylic acids is 1. The van der Waals surface area contributed by atoms with Gasteiger partial charge in [0, 0.05) is 12.1 Å². The first kappa shape index (κ1) is 13.9. The molecule has 1 aromatic heterocycles. The van der Waals surface area contributed by atoms with E-state index >= 15 is 0 Å². The molecule has 0 aliphatic heterocycles. The highest BCUT2D eigenvalue weighted by Crippen LogP contribution is 2.26. The van der Waals surface area contributed by atoms with E-state index in [0.29, 0.717) is 6.04 Å². The second-order valence-electron chi connectivity index (χ2n) is 5.18. The third-order valence-electron chi connectivity index (χ3n) is 3.76. The number of carboxylic acid groups (broad SMARTS) is 1. The number of nitrogens with zero attached hydrogens (tertiary/aromatic N) is 1. The number of pyridine rings is 1. The Hall–Kier alpha value is -1.49. The van der Waals surface area contributed by atoms with Crippen LogP contribution in [0.15, 0.2) is 18.3 Å². The number of aromatic nitrogens is 1. The summed E-state index contributed by atoms with van der Waals surface area (Å²) in [6.45, 7) is 1.99. The first-order valence-electron chi connectivity index (χ1n) is 6.66. The van der Waals surface area contributed by atoms with E-state index in [-0.39, 0.29) is 17.8 Å². The summed E-state index contributed by atoms with van der Waals surface area (Å²) in [6.07, 6.45) is 4.38. The lowest BCUT2D eigenvalue weighted by molar-refractivity contribution is -0.142. The summed E-state index contributed by atoms with van der Waals surface area (Å²) < 4.78 is 12.8. The van der Waals surface area contributed by atoms with Gasteiger partial charge >= 0.3 is 5.97 Å². The van der Waals surface area contributed by atoms with Gasteiger partial charge in [0.1, 0.15) is 5.82 Å². The van der Waals surface area contributed by atoms with Gasteiger partial charge in [-0.25, -0.2) is 4.39 Å². The predicted octanol–water partition coefficient (Wildman–Crippen LogP) is 2.51. The lowest BCUT2D eigenvalue weighted by atomic mass is 9.86. The van der Waals surface area contributed by atoms with Gasteiger partial charge in [-0.15, -0.1) is 0 Å². The van der Waals surface area contributed by atoms with E-state index < -0.39 is 5.97 Å². The first-order chi connectivity index (χ1) is 9.06. The van der Waals surface area contributed by atoms with Crippen LogP contribution in [0, 0.1) is 11.7 Å². The number of rotatable bonds is 4. The Morgan fingerprint density at radius 1 is 1.42 bits per heavy atom. The summed E-state index contributed by atoms with van der Waals surface area (Å²) in [5.74, 6) is -1.22.